The molecule has 0 radical (unpaired) electrons. The zero-order chi connectivity index (χ0) is 15.4. The van der Waals surface area contributed by atoms with E-state index in [0.717, 1.165) is 44.8 Å². The van der Waals surface area contributed by atoms with Gasteiger partial charge in [0, 0.05) is 57.9 Å². The van der Waals surface area contributed by atoms with E-state index in [-0.39, 0.29) is 0 Å². The maximum Gasteiger partial charge on any atom is 0.0558 e. The van der Waals surface area contributed by atoms with Crippen molar-refractivity contribution in [1.29, 1.82) is 0 Å². The van der Waals surface area contributed by atoms with Gasteiger partial charge in [-0.3, -0.25) is 15.6 Å². The molecule has 3 rings (SSSR count). The van der Waals surface area contributed by atoms with Crippen LogP contribution in [-0.4, -0.2) is 102 Å². The van der Waals surface area contributed by atoms with Crippen molar-refractivity contribution in [3.63, 3.8) is 0 Å². The van der Waals surface area contributed by atoms with Gasteiger partial charge in [0.25, 0.3) is 0 Å². The Bertz CT molecular complexity index is 318. The fourth-order valence-electron chi connectivity index (χ4n) is 4.36. The van der Waals surface area contributed by atoms with E-state index in [4.69, 9.17) is 10.9 Å². The van der Waals surface area contributed by atoms with Crippen molar-refractivity contribution in [2.24, 2.45) is 5.84 Å². The number of aliphatic hydroxyl groups is 1. The Morgan fingerprint density at radius 1 is 0.727 bits per heavy atom. The van der Waals surface area contributed by atoms with Crippen LogP contribution in [0.15, 0.2) is 0 Å². The number of nitrogens with zero attached hydrogens (tertiary/aromatic N) is 4. The normalized spacial score (nSPS) is 29.2. The molecule has 0 amide bonds. The third-order valence-electron chi connectivity index (χ3n) is 5.85. The van der Waals surface area contributed by atoms with Gasteiger partial charge in [-0.15, -0.1) is 0 Å². The first-order valence-electron chi connectivity index (χ1n) is 9.07. The Labute approximate surface area is 134 Å². The van der Waals surface area contributed by atoms with Crippen LogP contribution in [0.2, 0.25) is 0 Å². The van der Waals surface area contributed by atoms with Crippen LogP contribution in [-0.2, 0) is 0 Å². The maximum absolute atomic E-state index is 9.03. The van der Waals surface area contributed by atoms with Gasteiger partial charge < -0.3 is 10.0 Å². The number of β-amino-alcohol motifs (C(OH)–C–C–N with tert-alkyl or cyclic N) is 1. The second kappa shape index (κ2) is 8.04. The zero-order valence-electron chi connectivity index (χ0n) is 13.9. The molecular formula is C16H33N5O. The van der Waals surface area contributed by atoms with E-state index >= 15 is 0 Å². The van der Waals surface area contributed by atoms with Gasteiger partial charge in [-0.2, -0.15) is 0 Å². The molecule has 0 aromatic rings. The minimum atomic E-state index is 0.292. The SMILES string of the molecule is NN1CCC(N2CCC(N3CCN(CCO)CC3)CC2)CC1. The maximum atomic E-state index is 9.03. The molecule has 0 aliphatic carbocycles. The Kier molecular flexibility index (Phi) is 6.07. The first-order valence-corrected chi connectivity index (χ1v) is 9.07. The highest BCUT2D eigenvalue weighted by Gasteiger charge is 2.31. The van der Waals surface area contributed by atoms with Crippen LogP contribution in [0.5, 0.6) is 0 Å². The summed E-state index contributed by atoms with van der Waals surface area (Å²) >= 11 is 0. The smallest absolute Gasteiger partial charge is 0.0558 e. The molecule has 3 saturated heterocycles. The van der Waals surface area contributed by atoms with Gasteiger partial charge in [-0.05, 0) is 38.8 Å². The molecule has 3 N–H and O–H groups in total. The fraction of sp³-hybridized carbons (Fsp3) is 1.00. The van der Waals surface area contributed by atoms with Gasteiger partial charge in [0.2, 0.25) is 0 Å². The lowest BCUT2D eigenvalue weighted by Crippen LogP contribution is -2.55. The lowest BCUT2D eigenvalue weighted by Gasteiger charge is -2.45. The van der Waals surface area contributed by atoms with Crippen molar-refractivity contribution in [1.82, 2.24) is 19.7 Å². The highest BCUT2D eigenvalue weighted by atomic mass is 16.3. The molecule has 0 spiro atoms. The van der Waals surface area contributed by atoms with E-state index in [1.54, 1.807) is 0 Å². The Balaban J connectivity index is 1.39. The number of rotatable bonds is 4. The molecule has 3 fully saturated rings. The molecular weight excluding hydrogens is 278 g/mol. The van der Waals surface area contributed by atoms with Crippen LogP contribution in [0.1, 0.15) is 25.7 Å². The number of aliphatic hydroxyl groups excluding tert-OH is 1. The van der Waals surface area contributed by atoms with E-state index in [2.05, 4.69) is 14.7 Å². The summed E-state index contributed by atoms with van der Waals surface area (Å²) in [5.74, 6) is 5.87. The van der Waals surface area contributed by atoms with Crippen molar-refractivity contribution < 1.29 is 5.11 Å². The predicted molar refractivity (Wildman–Crippen MR) is 88.5 cm³/mol. The van der Waals surface area contributed by atoms with Gasteiger partial charge in [0.1, 0.15) is 0 Å². The number of hydrazine groups is 1. The molecule has 0 bridgehead atoms. The lowest BCUT2D eigenvalue weighted by atomic mass is 9.97. The molecule has 3 heterocycles. The summed E-state index contributed by atoms with van der Waals surface area (Å²) in [7, 11) is 0. The minimum absolute atomic E-state index is 0.292. The molecule has 0 atom stereocenters. The molecule has 0 unspecified atom stereocenters. The van der Waals surface area contributed by atoms with Crippen molar-refractivity contribution >= 4 is 0 Å². The quantitative estimate of drug-likeness (QED) is 0.676. The highest BCUT2D eigenvalue weighted by molar-refractivity contribution is 4.87. The lowest BCUT2D eigenvalue weighted by molar-refractivity contribution is 0.0307. The standard InChI is InChI=1S/C16H33N5O/c17-21-7-3-16(4-8-21)19-5-1-15(2-6-19)20-11-9-18(10-12-20)13-14-22/h15-16,22H,1-14,17H2. The van der Waals surface area contributed by atoms with Gasteiger partial charge >= 0.3 is 0 Å². The number of likely N-dealkylation sites (tertiary alicyclic amines) is 1. The van der Waals surface area contributed by atoms with Gasteiger partial charge in [-0.1, -0.05) is 0 Å². The Morgan fingerprint density at radius 3 is 1.77 bits per heavy atom. The van der Waals surface area contributed by atoms with Crippen LogP contribution >= 0.6 is 0 Å². The fourth-order valence-corrected chi connectivity index (χ4v) is 4.36. The number of hydrogen-bond donors (Lipinski definition) is 2. The van der Waals surface area contributed by atoms with Crippen LogP contribution in [0.4, 0.5) is 0 Å². The van der Waals surface area contributed by atoms with E-state index in [1.807, 2.05) is 5.01 Å². The Morgan fingerprint density at radius 2 is 1.23 bits per heavy atom. The molecule has 22 heavy (non-hydrogen) atoms. The summed E-state index contributed by atoms with van der Waals surface area (Å²) < 4.78 is 0. The van der Waals surface area contributed by atoms with Crippen LogP contribution in [0.25, 0.3) is 0 Å². The van der Waals surface area contributed by atoms with Crippen LogP contribution in [0, 0.1) is 0 Å². The van der Waals surface area contributed by atoms with Crippen molar-refractivity contribution in [3.8, 4) is 0 Å². The molecule has 0 saturated carbocycles. The topological polar surface area (TPSA) is 59.2 Å². The van der Waals surface area contributed by atoms with Gasteiger partial charge in [0.15, 0.2) is 0 Å². The Hall–Kier alpha value is -0.240. The van der Waals surface area contributed by atoms with Crippen LogP contribution in [0.3, 0.4) is 0 Å². The summed E-state index contributed by atoms with van der Waals surface area (Å²) in [5.41, 5.74) is 0. The van der Waals surface area contributed by atoms with Crippen molar-refractivity contribution in [2.45, 2.75) is 37.8 Å². The average molecular weight is 311 g/mol. The minimum Gasteiger partial charge on any atom is -0.395 e. The first-order chi connectivity index (χ1) is 10.8. The summed E-state index contributed by atoms with van der Waals surface area (Å²) in [6, 6.07) is 1.55. The molecule has 3 aliphatic rings. The van der Waals surface area contributed by atoms with Gasteiger partial charge in [-0.25, -0.2) is 5.01 Å². The van der Waals surface area contributed by atoms with Gasteiger partial charge in [0.05, 0.1) is 6.61 Å². The number of piperidine rings is 2. The highest BCUT2D eigenvalue weighted by Crippen LogP contribution is 2.23. The largest absolute Gasteiger partial charge is 0.395 e. The van der Waals surface area contributed by atoms with E-state index in [1.165, 1.54) is 51.9 Å². The summed E-state index contributed by atoms with van der Waals surface area (Å²) in [6.07, 6.45) is 5.12. The van der Waals surface area contributed by atoms with E-state index in [9.17, 15) is 0 Å². The monoisotopic (exact) mass is 311 g/mol. The first kappa shape index (κ1) is 16.6. The summed E-state index contributed by atoms with van der Waals surface area (Å²) in [6.45, 7) is 10.4. The predicted octanol–water partition coefficient (Wildman–Crippen LogP) is -0.601. The summed E-state index contributed by atoms with van der Waals surface area (Å²) in [4.78, 5) is 7.78. The second-order valence-corrected chi connectivity index (χ2v) is 7.14. The number of hydrogen-bond acceptors (Lipinski definition) is 6. The van der Waals surface area contributed by atoms with E-state index in [0.29, 0.717) is 6.61 Å². The molecule has 128 valence electrons. The van der Waals surface area contributed by atoms with Crippen molar-refractivity contribution in [3.05, 3.63) is 0 Å². The molecule has 0 aromatic heterocycles. The molecule has 0 aromatic carbocycles. The zero-order valence-corrected chi connectivity index (χ0v) is 13.9. The van der Waals surface area contributed by atoms with Crippen LogP contribution < -0.4 is 5.84 Å². The number of piperazine rings is 1. The second-order valence-electron chi connectivity index (χ2n) is 7.14. The number of nitrogens with two attached hydrogens (primary N) is 1. The summed E-state index contributed by atoms with van der Waals surface area (Å²) in [5, 5.41) is 11.0. The third kappa shape index (κ3) is 4.19. The molecule has 6 nitrogen and oxygen atoms in total. The third-order valence-corrected chi connectivity index (χ3v) is 5.85. The molecule has 6 heteroatoms. The van der Waals surface area contributed by atoms with Crippen molar-refractivity contribution in [2.75, 3.05) is 65.5 Å². The average Bonchev–Trinajstić information content (AvgIpc) is 2.57. The molecule has 3 aliphatic heterocycles. The van der Waals surface area contributed by atoms with E-state index < -0.39 is 0 Å².